The number of esters is 1. The maximum Gasteiger partial charge on any atom is 0.341 e. The van der Waals surface area contributed by atoms with E-state index in [0.717, 1.165) is 5.56 Å². The number of hydrogen-bond acceptors (Lipinski definition) is 5. The van der Waals surface area contributed by atoms with Gasteiger partial charge in [0.2, 0.25) is 0 Å². The molecule has 0 spiro atoms. The molecule has 1 atom stereocenters. The average molecular weight is 343 g/mol. The minimum absolute atomic E-state index is 0.150. The molecule has 0 aromatic heterocycles. The number of hydrogen-bond donors (Lipinski definition) is 1. The second kappa shape index (κ2) is 8.73. The van der Waals surface area contributed by atoms with Gasteiger partial charge < -0.3 is 19.5 Å². The van der Waals surface area contributed by atoms with E-state index in [2.05, 4.69) is 5.32 Å². The summed E-state index contributed by atoms with van der Waals surface area (Å²) in [7, 11) is 2.79. The fourth-order valence-corrected chi connectivity index (χ4v) is 2.28. The van der Waals surface area contributed by atoms with E-state index in [1.165, 1.54) is 20.3 Å². The van der Waals surface area contributed by atoms with Crippen molar-refractivity contribution in [2.45, 2.75) is 13.0 Å². The Labute approximate surface area is 146 Å². The van der Waals surface area contributed by atoms with Crippen molar-refractivity contribution in [1.29, 1.82) is 0 Å². The van der Waals surface area contributed by atoms with Crippen molar-refractivity contribution >= 4 is 11.9 Å². The van der Waals surface area contributed by atoms with E-state index in [1.807, 2.05) is 37.3 Å². The Morgan fingerprint density at radius 2 is 1.80 bits per heavy atom. The number of ether oxygens (including phenoxy) is 3. The molecular formula is C19H21NO5. The van der Waals surface area contributed by atoms with Gasteiger partial charge in [0.1, 0.15) is 17.1 Å². The first-order valence-corrected chi connectivity index (χ1v) is 7.78. The summed E-state index contributed by atoms with van der Waals surface area (Å²) in [5, 5.41) is 2.85. The zero-order valence-electron chi connectivity index (χ0n) is 14.4. The smallest absolute Gasteiger partial charge is 0.341 e. The summed E-state index contributed by atoms with van der Waals surface area (Å²) in [4.78, 5) is 23.9. The Hall–Kier alpha value is -3.02. The van der Waals surface area contributed by atoms with Crippen LogP contribution in [-0.4, -0.2) is 32.7 Å². The Kier molecular flexibility index (Phi) is 6.39. The summed E-state index contributed by atoms with van der Waals surface area (Å²) < 4.78 is 15.3. The van der Waals surface area contributed by atoms with Crippen molar-refractivity contribution < 1.29 is 23.8 Å². The van der Waals surface area contributed by atoms with Crippen LogP contribution >= 0.6 is 0 Å². The number of carbonyl (C=O) groups excluding carboxylic acids is 2. The molecule has 132 valence electrons. The number of methoxy groups -OCH3 is 2. The fraction of sp³-hybridized carbons (Fsp3) is 0.263. The normalized spacial score (nSPS) is 11.3. The Morgan fingerprint density at radius 3 is 2.44 bits per heavy atom. The van der Waals surface area contributed by atoms with Gasteiger partial charge in [0.15, 0.2) is 6.61 Å². The van der Waals surface area contributed by atoms with E-state index in [1.54, 1.807) is 12.1 Å². The third kappa shape index (κ3) is 4.97. The van der Waals surface area contributed by atoms with E-state index in [-0.39, 0.29) is 29.9 Å². The van der Waals surface area contributed by atoms with Crippen molar-refractivity contribution in [3.63, 3.8) is 0 Å². The predicted octanol–water partition coefficient (Wildman–Crippen LogP) is 2.74. The standard InChI is InChI=1S/C19H21NO5/c1-13(14-7-5-4-6-8-14)20-18(21)12-25-17-11-15(23-2)9-10-16(17)19(22)24-3/h4-11,13H,12H2,1-3H3,(H,20,21)/t13-/m1/s1. The number of nitrogens with one attached hydrogen (secondary N) is 1. The first-order chi connectivity index (χ1) is 12.0. The molecule has 0 heterocycles. The predicted molar refractivity (Wildman–Crippen MR) is 92.8 cm³/mol. The number of amides is 1. The van der Waals surface area contributed by atoms with Crippen LogP contribution in [0.1, 0.15) is 28.9 Å². The Bertz CT molecular complexity index is 730. The highest BCUT2D eigenvalue weighted by molar-refractivity contribution is 5.92. The molecule has 6 heteroatoms. The van der Waals surface area contributed by atoms with Gasteiger partial charge in [-0.05, 0) is 24.6 Å². The van der Waals surface area contributed by atoms with Gasteiger partial charge in [0.25, 0.3) is 5.91 Å². The molecule has 0 saturated carbocycles. The molecule has 0 radical (unpaired) electrons. The van der Waals surface area contributed by atoms with Crippen molar-refractivity contribution in [3.05, 3.63) is 59.7 Å². The summed E-state index contributed by atoms with van der Waals surface area (Å²) in [6.07, 6.45) is 0. The second-order valence-corrected chi connectivity index (χ2v) is 5.34. The lowest BCUT2D eigenvalue weighted by atomic mass is 10.1. The average Bonchev–Trinajstić information content (AvgIpc) is 2.66. The van der Waals surface area contributed by atoms with Crippen LogP contribution < -0.4 is 14.8 Å². The van der Waals surface area contributed by atoms with E-state index >= 15 is 0 Å². The highest BCUT2D eigenvalue weighted by Crippen LogP contribution is 2.25. The third-order valence-corrected chi connectivity index (χ3v) is 3.63. The molecule has 0 bridgehead atoms. The molecule has 25 heavy (non-hydrogen) atoms. The van der Waals surface area contributed by atoms with Crippen molar-refractivity contribution in [2.24, 2.45) is 0 Å². The molecule has 1 N–H and O–H groups in total. The highest BCUT2D eigenvalue weighted by atomic mass is 16.5. The minimum atomic E-state index is -0.546. The van der Waals surface area contributed by atoms with Gasteiger partial charge in [-0.25, -0.2) is 4.79 Å². The van der Waals surface area contributed by atoms with Gasteiger partial charge in [0, 0.05) is 6.07 Å². The molecule has 6 nitrogen and oxygen atoms in total. The fourth-order valence-electron chi connectivity index (χ4n) is 2.28. The molecule has 0 aliphatic carbocycles. The molecule has 1 amide bonds. The number of rotatable bonds is 7. The lowest BCUT2D eigenvalue weighted by molar-refractivity contribution is -0.123. The number of carbonyl (C=O) groups is 2. The minimum Gasteiger partial charge on any atom is -0.497 e. The largest absolute Gasteiger partial charge is 0.497 e. The summed E-state index contributed by atoms with van der Waals surface area (Å²) in [6, 6.07) is 14.1. The van der Waals surface area contributed by atoms with Crippen LogP contribution in [-0.2, 0) is 9.53 Å². The van der Waals surface area contributed by atoms with E-state index in [0.29, 0.717) is 5.75 Å². The topological polar surface area (TPSA) is 73.9 Å². The Morgan fingerprint density at radius 1 is 1.08 bits per heavy atom. The van der Waals surface area contributed by atoms with Crippen LogP contribution in [0.4, 0.5) is 0 Å². The molecule has 0 unspecified atom stereocenters. The molecule has 2 rings (SSSR count). The summed E-state index contributed by atoms with van der Waals surface area (Å²) in [6.45, 7) is 1.66. The molecule has 0 fully saturated rings. The molecule has 2 aromatic rings. The second-order valence-electron chi connectivity index (χ2n) is 5.34. The van der Waals surface area contributed by atoms with Gasteiger partial charge in [-0.3, -0.25) is 4.79 Å². The van der Waals surface area contributed by atoms with Crippen molar-refractivity contribution in [2.75, 3.05) is 20.8 Å². The van der Waals surface area contributed by atoms with Crippen LogP contribution in [0, 0.1) is 0 Å². The Balaban J connectivity index is 2.02. The zero-order valence-corrected chi connectivity index (χ0v) is 14.4. The summed E-state index contributed by atoms with van der Waals surface area (Å²) >= 11 is 0. The lowest BCUT2D eigenvalue weighted by Crippen LogP contribution is -2.31. The first kappa shape index (κ1) is 18.3. The first-order valence-electron chi connectivity index (χ1n) is 7.78. The molecule has 0 aliphatic rings. The van der Waals surface area contributed by atoms with Crippen molar-refractivity contribution in [1.82, 2.24) is 5.32 Å². The van der Waals surface area contributed by atoms with Gasteiger partial charge in [-0.15, -0.1) is 0 Å². The number of benzene rings is 2. The molecule has 2 aromatic carbocycles. The van der Waals surface area contributed by atoms with E-state index in [4.69, 9.17) is 14.2 Å². The molecule has 0 aliphatic heterocycles. The van der Waals surface area contributed by atoms with Gasteiger partial charge in [-0.2, -0.15) is 0 Å². The van der Waals surface area contributed by atoms with Crippen LogP contribution in [0.2, 0.25) is 0 Å². The maximum absolute atomic E-state index is 12.1. The van der Waals surface area contributed by atoms with E-state index in [9.17, 15) is 9.59 Å². The highest BCUT2D eigenvalue weighted by Gasteiger charge is 2.16. The third-order valence-electron chi connectivity index (χ3n) is 3.63. The lowest BCUT2D eigenvalue weighted by Gasteiger charge is -2.15. The summed E-state index contributed by atoms with van der Waals surface area (Å²) in [5.41, 5.74) is 1.22. The van der Waals surface area contributed by atoms with Crippen LogP contribution in [0.3, 0.4) is 0 Å². The quantitative estimate of drug-likeness (QED) is 0.783. The van der Waals surface area contributed by atoms with Gasteiger partial charge in [-0.1, -0.05) is 30.3 Å². The van der Waals surface area contributed by atoms with Gasteiger partial charge in [0.05, 0.1) is 20.3 Å². The maximum atomic E-state index is 12.1. The van der Waals surface area contributed by atoms with Crippen LogP contribution in [0.15, 0.2) is 48.5 Å². The molecule has 0 saturated heterocycles. The van der Waals surface area contributed by atoms with E-state index < -0.39 is 5.97 Å². The zero-order chi connectivity index (χ0) is 18.2. The summed E-state index contributed by atoms with van der Waals surface area (Å²) in [5.74, 6) is -0.0971. The van der Waals surface area contributed by atoms with Crippen LogP contribution in [0.5, 0.6) is 11.5 Å². The van der Waals surface area contributed by atoms with Crippen LogP contribution in [0.25, 0.3) is 0 Å². The van der Waals surface area contributed by atoms with Crippen molar-refractivity contribution in [3.8, 4) is 11.5 Å². The molecular weight excluding hydrogens is 322 g/mol. The monoisotopic (exact) mass is 343 g/mol. The van der Waals surface area contributed by atoms with Gasteiger partial charge >= 0.3 is 5.97 Å². The SMILES string of the molecule is COC(=O)c1ccc(OC)cc1OCC(=O)N[C@H](C)c1ccccc1.